The van der Waals surface area contributed by atoms with Gasteiger partial charge in [0.25, 0.3) is 5.78 Å². The number of Topliss-reactive ketones (excluding diaryl/α,β-unsaturated/α-hetero) is 1. The Balaban J connectivity index is 2.77. The van der Waals surface area contributed by atoms with Crippen LogP contribution in [0.3, 0.4) is 0 Å². The highest BCUT2D eigenvalue weighted by molar-refractivity contribution is 6.40. The van der Waals surface area contributed by atoms with Gasteiger partial charge in [-0.3, -0.25) is 4.79 Å². The van der Waals surface area contributed by atoms with Crippen molar-refractivity contribution in [2.24, 2.45) is 0 Å². The number of likely N-dealkylation sites (N-methyl/N-ethyl adjacent to an activating group) is 1. The van der Waals surface area contributed by atoms with E-state index in [1.807, 2.05) is 19.2 Å². The second-order valence-corrected chi connectivity index (χ2v) is 5.06. The van der Waals surface area contributed by atoms with Crippen LogP contribution in [0.1, 0.15) is 36.7 Å². The normalized spacial score (nSPS) is 11.2. The molecule has 0 amide bonds. The average Bonchev–Trinajstić information content (AvgIpc) is 2.38. The van der Waals surface area contributed by atoms with E-state index in [-0.39, 0.29) is 12.1 Å². The van der Waals surface area contributed by atoms with Crippen LogP contribution in [0, 0.1) is 0 Å². The predicted molar refractivity (Wildman–Crippen MR) is 74.2 cm³/mol. The summed E-state index contributed by atoms with van der Waals surface area (Å²) in [4.78, 5) is 23.0. The second-order valence-electron chi connectivity index (χ2n) is 5.06. The Labute approximate surface area is 114 Å². The largest absolute Gasteiger partial charge is 0.460 e. The third-order valence-electron chi connectivity index (χ3n) is 3.00. The van der Waals surface area contributed by atoms with Crippen molar-refractivity contribution in [3.63, 3.8) is 0 Å². The van der Waals surface area contributed by atoms with Gasteiger partial charge in [-0.05, 0) is 39.8 Å². The lowest BCUT2D eigenvalue weighted by molar-refractivity contribution is -0.137. The zero-order chi connectivity index (χ0) is 14.5. The molecule has 0 aliphatic heterocycles. The molecule has 0 heterocycles. The summed E-state index contributed by atoms with van der Waals surface area (Å²) in [5, 5.41) is 3.22. The van der Waals surface area contributed by atoms with E-state index in [1.54, 1.807) is 19.1 Å². The highest BCUT2D eigenvalue weighted by Crippen LogP contribution is 2.13. The fraction of sp³-hybridized carbons (Fsp3) is 0.467. The van der Waals surface area contributed by atoms with Gasteiger partial charge >= 0.3 is 5.97 Å². The van der Waals surface area contributed by atoms with Crippen LogP contribution >= 0.6 is 0 Å². The molecule has 1 N–H and O–H groups in total. The number of ketones is 1. The molecule has 1 rings (SSSR count). The van der Waals surface area contributed by atoms with Gasteiger partial charge in [0.2, 0.25) is 0 Å². The van der Waals surface area contributed by atoms with Crippen LogP contribution in [-0.4, -0.2) is 30.9 Å². The van der Waals surface area contributed by atoms with E-state index < -0.39 is 11.8 Å². The summed E-state index contributed by atoms with van der Waals surface area (Å²) >= 11 is 0. The molecule has 0 saturated heterocycles. The van der Waals surface area contributed by atoms with Gasteiger partial charge in [-0.2, -0.15) is 0 Å². The number of hydrogen-bond acceptors (Lipinski definition) is 4. The van der Waals surface area contributed by atoms with E-state index in [2.05, 4.69) is 23.9 Å². The van der Waals surface area contributed by atoms with Gasteiger partial charge in [0.05, 0.1) is 6.61 Å². The Kier molecular flexibility index (Phi) is 5.24. The van der Waals surface area contributed by atoms with E-state index in [0.717, 1.165) is 12.0 Å². The number of nitrogens with one attached hydrogen (secondary N) is 1. The molecule has 0 saturated carbocycles. The van der Waals surface area contributed by atoms with Crippen molar-refractivity contribution < 1.29 is 14.3 Å². The van der Waals surface area contributed by atoms with E-state index in [1.165, 1.54) is 0 Å². The molecule has 0 fully saturated rings. The fourth-order valence-corrected chi connectivity index (χ4v) is 1.69. The molecular weight excluding hydrogens is 242 g/mol. The molecule has 0 spiro atoms. The molecule has 1 aromatic rings. The number of benzene rings is 1. The summed E-state index contributed by atoms with van der Waals surface area (Å²) in [5.41, 5.74) is 1.47. The van der Waals surface area contributed by atoms with Crippen LogP contribution in [0.4, 0.5) is 0 Å². The number of ether oxygens (including phenoxy) is 1. The zero-order valence-corrected chi connectivity index (χ0v) is 11.9. The predicted octanol–water partition coefficient (Wildman–Crippen LogP) is 1.97. The van der Waals surface area contributed by atoms with Crippen molar-refractivity contribution >= 4 is 11.8 Å². The number of rotatable bonds is 6. The molecule has 0 atom stereocenters. The standard InChI is InChI=1S/C15H21NO3/c1-5-19-14(18)13(17)12-8-6-11(7-9-12)10-15(2,3)16-4/h6-9,16H,5,10H2,1-4H3. The van der Waals surface area contributed by atoms with Crippen molar-refractivity contribution in [3.05, 3.63) is 35.4 Å². The quantitative estimate of drug-likeness (QED) is 0.484. The first-order valence-electron chi connectivity index (χ1n) is 6.39. The summed E-state index contributed by atoms with van der Waals surface area (Å²) in [5.74, 6) is -1.40. The first kappa shape index (κ1) is 15.4. The molecule has 4 heteroatoms. The lowest BCUT2D eigenvalue weighted by Crippen LogP contribution is -2.38. The van der Waals surface area contributed by atoms with Crippen molar-refractivity contribution in [2.45, 2.75) is 32.7 Å². The monoisotopic (exact) mass is 263 g/mol. The molecule has 0 unspecified atom stereocenters. The van der Waals surface area contributed by atoms with E-state index in [4.69, 9.17) is 0 Å². The molecule has 4 nitrogen and oxygen atoms in total. The maximum Gasteiger partial charge on any atom is 0.379 e. The summed E-state index contributed by atoms with van der Waals surface area (Å²) in [7, 11) is 1.92. The van der Waals surface area contributed by atoms with Crippen molar-refractivity contribution in [1.82, 2.24) is 5.32 Å². The van der Waals surface area contributed by atoms with Crippen LogP contribution in [0.2, 0.25) is 0 Å². The first-order chi connectivity index (χ1) is 8.89. The molecular formula is C15H21NO3. The van der Waals surface area contributed by atoms with Gasteiger partial charge in [-0.1, -0.05) is 24.3 Å². The molecule has 19 heavy (non-hydrogen) atoms. The second kappa shape index (κ2) is 6.48. The average molecular weight is 263 g/mol. The maximum absolute atomic E-state index is 11.7. The summed E-state index contributed by atoms with van der Waals surface area (Å²) in [6.07, 6.45) is 0.845. The first-order valence-corrected chi connectivity index (χ1v) is 6.39. The smallest absolute Gasteiger partial charge is 0.379 e. The van der Waals surface area contributed by atoms with Gasteiger partial charge in [0, 0.05) is 11.1 Å². The van der Waals surface area contributed by atoms with Crippen LogP contribution < -0.4 is 5.32 Å². The minimum Gasteiger partial charge on any atom is -0.460 e. The Morgan fingerprint density at radius 3 is 2.26 bits per heavy atom. The molecule has 104 valence electrons. The Morgan fingerprint density at radius 2 is 1.79 bits per heavy atom. The van der Waals surface area contributed by atoms with Gasteiger partial charge < -0.3 is 10.1 Å². The van der Waals surface area contributed by atoms with Crippen LogP contribution in [0.5, 0.6) is 0 Å². The number of carbonyl (C=O) groups excluding carboxylic acids is 2. The Morgan fingerprint density at radius 1 is 1.21 bits per heavy atom. The van der Waals surface area contributed by atoms with E-state index >= 15 is 0 Å². The molecule has 0 bridgehead atoms. The zero-order valence-electron chi connectivity index (χ0n) is 11.9. The third-order valence-corrected chi connectivity index (χ3v) is 3.00. The van der Waals surface area contributed by atoms with Gasteiger partial charge in [0.1, 0.15) is 0 Å². The highest BCUT2D eigenvalue weighted by atomic mass is 16.5. The van der Waals surface area contributed by atoms with E-state index in [0.29, 0.717) is 5.56 Å². The molecule has 0 aromatic heterocycles. The number of esters is 1. The number of carbonyl (C=O) groups is 2. The van der Waals surface area contributed by atoms with Crippen LogP contribution in [-0.2, 0) is 16.0 Å². The molecule has 0 aliphatic carbocycles. The van der Waals surface area contributed by atoms with Gasteiger partial charge in [-0.25, -0.2) is 4.79 Å². The molecule has 1 aromatic carbocycles. The summed E-state index contributed by atoms with van der Waals surface area (Å²) in [6, 6.07) is 7.07. The Bertz CT molecular complexity index is 449. The summed E-state index contributed by atoms with van der Waals surface area (Å²) < 4.78 is 4.69. The number of hydrogen-bond donors (Lipinski definition) is 1. The molecule has 0 aliphatic rings. The SMILES string of the molecule is CCOC(=O)C(=O)c1ccc(CC(C)(C)NC)cc1. The minimum atomic E-state index is -0.800. The van der Waals surface area contributed by atoms with Gasteiger partial charge in [0.15, 0.2) is 0 Å². The minimum absolute atomic E-state index is 0.00728. The highest BCUT2D eigenvalue weighted by Gasteiger charge is 2.18. The van der Waals surface area contributed by atoms with Crippen molar-refractivity contribution in [2.75, 3.05) is 13.7 Å². The van der Waals surface area contributed by atoms with Crippen molar-refractivity contribution in [3.8, 4) is 0 Å². The maximum atomic E-state index is 11.7. The lowest BCUT2D eigenvalue weighted by Gasteiger charge is -2.24. The van der Waals surface area contributed by atoms with Crippen molar-refractivity contribution in [1.29, 1.82) is 0 Å². The van der Waals surface area contributed by atoms with Crippen LogP contribution in [0.15, 0.2) is 24.3 Å². The topological polar surface area (TPSA) is 55.4 Å². The third kappa shape index (κ3) is 4.48. The fourth-order valence-electron chi connectivity index (χ4n) is 1.69. The summed E-state index contributed by atoms with van der Waals surface area (Å²) in [6.45, 7) is 6.09. The Hall–Kier alpha value is -1.68. The molecule has 0 radical (unpaired) electrons. The van der Waals surface area contributed by atoms with E-state index in [9.17, 15) is 9.59 Å². The van der Waals surface area contributed by atoms with Crippen LogP contribution in [0.25, 0.3) is 0 Å². The van der Waals surface area contributed by atoms with Gasteiger partial charge in [-0.15, -0.1) is 0 Å². The lowest BCUT2D eigenvalue weighted by atomic mass is 9.94.